The lowest BCUT2D eigenvalue weighted by Crippen LogP contribution is -2.07. The summed E-state index contributed by atoms with van der Waals surface area (Å²) in [5.41, 5.74) is 4.77. The van der Waals surface area contributed by atoms with E-state index < -0.39 is 0 Å². The fourth-order valence-corrected chi connectivity index (χ4v) is 3.71. The first kappa shape index (κ1) is 22.1. The van der Waals surface area contributed by atoms with Crippen molar-refractivity contribution in [2.24, 2.45) is 0 Å². The topological polar surface area (TPSA) is 43.6 Å². The van der Waals surface area contributed by atoms with Crippen molar-refractivity contribution < 1.29 is 0 Å². The molecule has 0 fully saturated rings. The van der Waals surface area contributed by atoms with Gasteiger partial charge in [-0.3, -0.25) is 0 Å². The molecule has 160 valence electrons. The minimum absolute atomic E-state index is 0.597. The molecule has 32 heavy (non-hydrogen) atoms. The Balaban J connectivity index is 1.84. The molecule has 0 atom stereocenters. The lowest BCUT2D eigenvalue weighted by molar-refractivity contribution is 0.692. The number of aryl methyl sites for hydroxylation is 1. The second-order valence-corrected chi connectivity index (χ2v) is 8.03. The molecule has 0 saturated heterocycles. The molecule has 0 radical (unpaired) electrons. The summed E-state index contributed by atoms with van der Waals surface area (Å²) in [6, 6.07) is 20.0. The van der Waals surface area contributed by atoms with E-state index in [0.717, 1.165) is 48.5 Å². The Morgan fingerprint density at radius 2 is 1.78 bits per heavy atom. The average molecular weight is 461 g/mol. The van der Waals surface area contributed by atoms with Crippen molar-refractivity contribution in [1.29, 1.82) is 0 Å². The van der Waals surface area contributed by atoms with Crippen molar-refractivity contribution in [3.05, 3.63) is 89.6 Å². The maximum Gasteiger partial charge on any atom is 0.186 e. The zero-order chi connectivity index (χ0) is 22.2. The Morgan fingerprint density at radius 1 is 0.969 bits per heavy atom. The number of hydrogen-bond acceptors (Lipinski definition) is 3. The molecule has 0 saturated carbocycles. The van der Waals surface area contributed by atoms with Gasteiger partial charge in [0.2, 0.25) is 0 Å². The summed E-state index contributed by atoms with van der Waals surface area (Å²) in [6.07, 6.45) is 5.73. The van der Waals surface area contributed by atoms with Crippen LogP contribution in [0.5, 0.6) is 0 Å². The predicted octanol–water partition coefficient (Wildman–Crippen LogP) is 6.27. The number of aromatic nitrogens is 4. The maximum atomic E-state index is 6.13. The third-order valence-corrected chi connectivity index (χ3v) is 5.53. The van der Waals surface area contributed by atoms with E-state index in [9.17, 15) is 0 Å². The average Bonchev–Trinajstić information content (AvgIpc) is 3.20. The second-order valence-electron chi connectivity index (χ2n) is 7.22. The summed E-state index contributed by atoms with van der Waals surface area (Å²) in [4.78, 5) is 13.6. The Morgan fingerprint density at radius 3 is 2.50 bits per heavy atom. The smallest absolute Gasteiger partial charge is 0.186 e. The van der Waals surface area contributed by atoms with E-state index in [2.05, 4.69) is 50.6 Å². The van der Waals surface area contributed by atoms with Gasteiger partial charge in [0.05, 0.1) is 17.1 Å². The lowest BCUT2D eigenvalue weighted by Gasteiger charge is -2.11. The van der Waals surface area contributed by atoms with Crippen LogP contribution in [0.1, 0.15) is 24.2 Å². The highest BCUT2D eigenvalue weighted by molar-refractivity contribution is 6.30. The van der Waals surface area contributed by atoms with Crippen LogP contribution < -0.4 is 0 Å². The second kappa shape index (κ2) is 10.9. The van der Waals surface area contributed by atoms with Gasteiger partial charge in [-0.05, 0) is 42.5 Å². The fourth-order valence-electron chi connectivity index (χ4n) is 3.45. The molecular weight excluding hydrogens is 439 g/mol. The van der Waals surface area contributed by atoms with Crippen molar-refractivity contribution in [1.82, 2.24) is 19.5 Å². The van der Waals surface area contributed by atoms with E-state index in [4.69, 9.17) is 28.2 Å². The van der Waals surface area contributed by atoms with Crippen molar-refractivity contribution in [3.63, 3.8) is 0 Å². The highest BCUT2D eigenvalue weighted by Gasteiger charge is 2.20. The number of nitrogens with zero attached hydrogens (tertiary/aromatic N) is 4. The largest absolute Gasteiger partial charge is 0.315 e. The number of benzene rings is 2. The molecule has 0 amide bonds. The van der Waals surface area contributed by atoms with Crippen molar-refractivity contribution in [2.75, 3.05) is 5.88 Å². The Kier molecular flexibility index (Phi) is 7.55. The Bertz CT molecular complexity index is 1210. The maximum absolute atomic E-state index is 6.13. The zero-order valence-corrected chi connectivity index (χ0v) is 19.0. The molecule has 4 rings (SSSR count). The number of rotatable bonds is 7. The van der Waals surface area contributed by atoms with Crippen LogP contribution in [0.4, 0.5) is 0 Å². The summed E-state index contributed by atoms with van der Waals surface area (Å²) in [5, 5.41) is 0.682. The standard InChI is InChI=1S/C26H22Cl2N4/c27-16-6-2-5-9-24-31-25(21-10-12-22(28)13-11-21)26(23-14-17-29-19-30-23)32(24)18-15-20-7-3-1-4-8-20/h1,3-4,7-8,10-14,17,19H,2,6,15-16,18H2. The minimum atomic E-state index is 0.597. The number of halogens is 2. The van der Waals surface area contributed by atoms with Gasteiger partial charge in [0.15, 0.2) is 5.82 Å². The third-order valence-electron chi connectivity index (χ3n) is 5.01. The normalized spacial score (nSPS) is 10.6. The van der Waals surface area contributed by atoms with Crippen LogP contribution in [0, 0.1) is 11.8 Å². The number of unbranched alkanes of at least 4 members (excludes halogenated alkanes) is 1. The van der Waals surface area contributed by atoms with Gasteiger partial charge in [-0.1, -0.05) is 60.0 Å². The van der Waals surface area contributed by atoms with Crippen LogP contribution >= 0.6 is 23.2 Å². The van der Waals surface area contributed by atoms with Crippen LogP contribution in [-0.4, -0.2) is 25.4 Å². The van der Waals surface area contributed by atoms with Gasteiger partial charge in [0.25, 0.3) is 0 Å². The summed E-state index contributed by atoms with van der Waals surface area (Å²) < 4.78 is 2.16. The van der Waals surface area contributed by atoms with E-state index >= 15 is 0 Å². The Hall–Kier alpha value is -3.13. The van der Waals surface area contributed by atoms with E-state index in [-0.39, 0.29) is 0 Å². The molecule has 0 aliphatic carbocycles. The van der Waals surface area contributed by atoms with Gasteiger partial charge in [-0.2, -0.15) is 0 Å². The van der Waals surface area contributed by atoms with Gasteiger partial charge >= 0.3 is 0 Å². The molecule has 4 aromatic rings. The zero-order valence-electron chi connectivity index (χ0n) is 17.5. The van der Waals surface area contributed by atoms with Crippen LogP contribution in [0.25, 0.3) is 22.6 Å². The molecule has 0 N–H and O–H groups in total. The molecule has 0 aliphatic heterocycles. The van der Waals surface area contributed by atoms with Gasteiger partial charge in [-0.15, -0.1) is 11.6 Å². The molecule has 0 bridgehead atoms. The van der Waals surface area contributed by atoms with Crippen molar-refractivity contribution in [3.8, 4) is 34.5 Å². The van der Waals surface area contributed by atoms with Gasteiger partial charge in [0, 0.05) is 35.6 Å². The molecule has 0 aliphatic rings. The van der Waals surface area contributed by atoms with Crippen LogP contribution in [0.2, 0.25) is 5.02 Å². The van der Waals surface area contributed by atoms with Gasteiger partial charge < -0.3 is 4.57 Å². The van der Waals surface area contributed by atoms with Crippen LogP contribution in [-0.2, 0) is 13.0 Å². The molecule has 0 spiro atoms. The van der Waals surface area contributed by atoms with Crippen LogP contribution in [0.15, 0.2) is 73.2 Å². The molecule has 2 heterocycles. The van der Waals surface area contributed by atoms with E-state index in [1.54, 1.807) is 12.5 Å². The molecule has 2 aromatic heterocycles. The highest BCUT2D eigenvalue weighted by atomic mass is 35.5. The van der Waals surface area contributed by atoms with Crippen LogP contribution in [0.3, 0.4) is 0 Å². The van der Waals surface area contributed by atoms with E-state index in [0.29, 0.717) is 16.7 Å². The molecule has 2 aromatic carbocycles. The monoisotopic (exact) mass is 460 g/mol. The minimum Gasteiger partial charge on any atom is -0.315 e. The predicted molar refractivity (Wildman–Crippen MR) is 131 cm³/mol. The van der Waals surface area contributed by atoms with Crippen molar-refractivity contribution >= 4 is 23.2 Å². The Labute approximate surface area is 198 Å². The molecular formula is C26H22Cl2N4. The number of alkyl halides is 1. The summed E-state index contributed by atoms with van der Waals surface area (Å²) in [7, 11) is 0. The van der Waals surface area contributed by atoms with Gasteiger partial charge in [-0.25, -0.2) is 15.0 Å². The molecule has 4 nitrogen and oxygen atoms in total. The SMILES string of the molecule is ClCCCC#Cc1nc(-c2ccc(Cl)cc2)c(-c2ccncn2)n1CCc1ccccc1. The summed E-state index contributed by atoms with van der Waals surface area (Å²) in [6.45, 7) is 0.726. The highest BCUT2D eigenvalue weighted by Crippen LogP contribution is 2.32. The molecule has 6 heteroatoms. The van der Waals surface area contributed by atoms with E-state index in [1.165, 1.54) is 5.56 Å². The van der Waals surface area contributed by atoms with E-state index in [1.807, 2.05) is 36.4 Å². The number of hydrogen-bond donors (Lipinski definition) is 0. The van der Waals surface area contributed by atoms with Gasteiger partial charge in [0.1, 0.15) is 6.33 Å². The summed E-state index contributed by atoms with van der Waals surface area (Å²) >= 11 is 11.9. The summed E-state index contributed by atoms with van der Waals surface area (Å²) in [5.74, 6) is 7.81. The first-order valence-corrected chi connectivity index (χ1v) is 11.4. The quantitative estimate of drug-likeness (QED) is 0.185. The first-order chi connectivity index (χ1) is 15.8. The third kappa shape index (κ3) is 5.37. The molecule has 0 unspecified atom stereocenters. The number of imidazole rings is 1. The fraction of sp³-hybridized carbons (Fsp3) is 0.192. The van der Waals surface area contributed by atoms with Crippen molar-refractivity contribution in [2.45, 2.75) is 25.8 Å². The lowest BCUT2D eigenvalue weighted by atomic mass is 10.1. The first-order valence-electron chi connectivity index (χ1n) is 10.5.